The van der Waals surface area contributed by atoms with Crippen LogP contribution in [0.5, 0.6) is 5.75 Å². The molecule has 0 saturated heterocycles. The highest BCUT2D eigenvalue weighted by atomic mass is 32.2. The maximum Gasteiger partial charge on any atom is 0.416 e. The van der Waals surface area contributed by atoms with Crippen molar-refractivity contribution in [2.75, 3.05) is 30.8 Å². The number of alkyl halides is 3. The molecule has 1 amide bonds. The first-order valence-electron chi connectivity index (χ1n) is 9.05. The minimum atomic E-state index is -4.62. The zero-order valence-corrected chi connectivity index (χ0v) is 17.4. The maximum absolute atomic E-state index is 12.9. The second-order valence-electron chi connectivity index (χ2n) is 6.62. The molecule has 0 unspecified atom stereocenters. The van der Waals surface area contributed by atoms with E-state index < -0.39 is 34.2 Å². The van der Waals surface area contributed by atoms with Crippen LogP contribution in [0.3, 0.4) is 0 Å². The number of nitrogens with one attached hydrogen (secondary N) is 1. The van der Waals surface area contributed by atoms with E-state index in [0.29, 0.717) is 23.2 Å². The predicted molar refractivity (Wildman–Crippen MR) is 108 cm³/mol. The Morgan fingerprint density at radius 1 is 1.13 bits per heavy atom. The van der Waals surface area contributed by atoms with E-state index >= 15 is 0 Å². The van der Waals surface area contributed by atoms with Gasteiger partial charge in [-0.15, -0.1) is 0 Å². The molecular formula is C20H23F3N2O4S. The van der Waals surface area contributed by atoms with Gasteiger partial charge < -0.3 is 10.1 Å². The fourth-order valence-electron chi connectivity index (χ4n) is 2.77. The molecule has 0 heterocycles. The molecule has 0 aliphatic heterocycles. The Morgan fingerprint density at radius 2 is 1.83 bits per heavy atom. The topological polar surface area (TPSA) is 75.7 Å². The lowest BCUT2D eigenvalue weighted by Gasteiger charge is -2.22. The van der Waals surface area contributed by atoms with E-state index in [2.05, 4.69) is 5.32 Å². The van der Waals surface area contributed by atoms with Gasteiger partial charge in [0.25, 0.3) is 0 Å². The number of benzene rings is 2. The number of ether oxygens (including phenoxy) is 1. The summed E-state index contributed by atoms with van der Waals surface area (Å²) >= 11 is 0. The first-order chi connectivity index (χ1) is 14.0. The summed E-state index contributed by atoms with van der Waals surface area (Å²) in [6.45, 7) is -0.324. The summed E-state index contributed by atoms with van der Waals surface area (Å²) in [6, 6.07) is 11.3. The summed E-state index contributed by atoms with van der Waals surface area (Å²) in [6.07, 6.45) is -2.52. The molecule has 0 radical (unpaired) electrons. The average Bonchev–Trinajstić information content (AvgIpc) is 2.68. The molecule has 1 N–H and O–H groups in total. The summed E-state index contributed by atoms with van der Waals surface area (Å²) in [5.41, 5.74) is -0.198. The molecule has 164 valence electrons. The van der Waals surface area contributed by atoms with Crippen molar-refractivity contribution in [1.29, 1.82) is 0 Å². The molecule has 6 nitrogen and oxygen atoms in total. The maximum atomic E-state index is 12.9. The summed E-state index contributed by atoms with van der Waals surface area (Å²) in [5.74, 6) is 0.116. The van der Waals surface area contributed by atoms with E-state index in [0.717, 1.165) is 29.7 Å². The molecular weight excluding hydrogens is 421 g/mol. The predicted octanol–water partition coefficient (Wildman–Crippen LogP) is 3.23. The van der Waals surface area contributed by atoms with Gasteiger partial charge in [0.1, 0.15) is 12.3 Å². The highest BCUT2D eigenvalue weighted by Crippen LogP contribution is 2.32. The Morgan fingerprint density at radius 3 is 2.47 bits per heavy atom. The molecule has 0 aliphatic carbocycles. The monoisotopic (exact) mass is 444 g/mol. The number of hydrogen-bond acceptors (Lipinski definition) is 4. The number of amides is 1. The lowest BCUT2D eigenvalue weighted by atomic mass is 10.1. The summed E-state index contributed by atoms with van der Waals surface area (Å²) < 4.78 is 68.7. The van der Waals surface area contributed by atoms with Gasteiger partial charge in [-0.25, -0.2) is 8.42 Å². The molecule has 0 bridgehead atoms. The molecule has 2 aromatic rings. The van der Waals surface area contributed by atoms with Crippen molar-refractivity contribution in [1.82, 2.24) is 5.32 Å². The van der Waals surface area contributed by atoms with Gasteiger partial charge in [0.15, 0.2) is 0 Å². The van der Waals surface area contributed by atoms with E-state index in [9.17, 15) is 26.4 Å². The Hall–Kier alpha value is -2.75. The molecule has 0 saturated carbocycles. The van der Waals surface area contributed by atoms with Crippen LogP contribution in [0.1, 0.15) is 17.5 Å². The Balaban J connectivity index is 1.98. The number of nitrogens with zero attached hydrogens (tertiary/aromatic N) is 1. The Kier molecular flexibility index (Phi) is 7.71. The van der Waals surface area contributed by atoms with Gasteiger partial charge in [0.2, 0.25) is 15.9 Å². The van der Waals surface area contributed by atoms with Gasteiger partial charge in [-0.3, -0.25) is 9.10 Å². The number of aryl methyl sites for hydroxylation is 1. The minimum Gasteiger partial charge on any atom is -0.497 e. The highest BCUT2D eigenvalue weighted by Gasteiger charge is 2.31. The van der Waals surface area contributed by atoms with E-state index in [4.69, 9.17) is 4.74 Å². The van der Waals surface area contributed by atoms with E-state index in [1.165, 1.54) is 6.07 Å². The van der Waals surface area contributed by atoms with Crippen molar-refractivity contribution in [3.8, 4) is 5.75 Å². The van der Waals surface area contributed by atoms with Crippen molar-refractivity contribution in [2.24, 2.45) is 0 Å². The number of anilines is 1. The number of carbonyl (C=O) groups is 1. The molecule has 0 aromatic heterocycles. The van der Waals surface area contributed by atoms with Crippen LogP contribution in [-0.4, -0.2) is 40.8 Å². The molecule has 30 heavy (non-hydrogen) atoms. The molecule has 0 aliphatic rings. The van der Waals surface area contributed by atoms with Crippen LogP contribution < -0.4 is 14.4 Å². The van der Waals surface area contributed by atoms with Crippen molar-refractivity contribution in [3.05, 3.63) is 59.7 Å². The fraction of sp³-hybridized carbons (Fsp3) is 0.350. The standard InChI is InChI=1S/C20H23F3N2O4S/c1-29-18-10-3-6-15(12-18)7-5-11-24-19(26)14-25(30(2,27)28)17-9-4-8-16(13-17)20(21,22)23/h3-4,6,8-10,12-13H,5,7,11,14H2,1-2H3,(H,24,26). The third kappa shape index (κ3) is 6.94. The number of hydrogen-bond donors (Lipinski definition) is 1. The van der Waals surface area contributed by atoms with Gasteiger partial charge in [0, 0.05) is 6.54 Å². The smallest absolute Gasteiger partial charge is 0.416 e. The SMILES string of the molecule is COc1cccc(CCCNC(=O)CN(c2cccc(C(F)(F)F)c2)S(C)(=O)=O)c1. The van der Waals surface area contributed by atoms with Crippen LogP contribution in [0, 0.1) is 0 Å². The molecule has 0 fully saturated rings. The van der Waals surface area contributed by atoms with Crippen molar-refractivity contribution in [2.45, 2.75) is 19.0 Å². The normalized spacial score (nSPS) is 11.8. The largest absolute Gasteiger partial charge is 0.497 e. The van der Waals surface area contributed by atoms with Crippen LogP contribution in [0.4, 0.5) is 18.9 Å². The van der Waals surface area contributed by atoms with Crippen LogP contribution >= 0.6 is 0 Å². The van der Waals surface area contributed by atoms with Gasteiger partial charge in [0.05, 0.1) is 24.6 Å². The molecule has 10 heteroatoms. The molecule has 2 aromatic carbocycles. The molecule has 0 atom stereocenters. The second kappa shape index (κ2) is 9.84. The minimum absolute atomic E-state index is 0.223. The van der Waals surface area contributed by atoms with Gasteiger partial charge >= 0.3 is 6.18 Å². The number of halogens is 3. The Bertz CT molecular complexity index is 978. The van der Waals surface area contributed by atoms with Crippen molar-refractivity contribution < 1.29 is 31.1 Å². The summed E-state index contributed by atoms with van der Waals surface area (Å²) in [7, 11) is -2.40. The van der Waals surface area contributed by atoms with Gasteiger partial charge in [-0.05, 0) is 48.7 Å². The van der Waals surface area contributed by atoms with Gasteiger partial charge in [-0.2, -0.15) is 13.2 Å². The lowest BCUT2D eigenvalue weighted by molar-refractivity contribution is -0.137. The Labute approximate surface area is 173 Å². The first-order valence-corrected chi connectivity index (χ1v) is 10.9. The zero-order valence-electron chi connectivity index (χ0n) is 16.6. The third-order valence-electron chi connectivity index (χ3n) is 4.25. The van der Waals surface area contributed by atoms with E-state index in [-0.39, 0.29) is 12.2 Å². The van der Waals surface area contributed by atoms with Crippen molar-refractivity contribution in [3.63, 3.8) is 0 Å². The number of sulfonamides is 1. The summed E-state index contributed by atoms with van der Waals surface area (Å²) in [4.78, 5) is 12.2. The third-order valence-corrected chi connectivity index (χ3v) is 5.39. The quantitative estimate of drug-likeness (QED) is 0.603. The fourth-order valence-corrected chi connectivity index (χ4v) is 3.62. The number of carbonyl (C=O) groups excluding carboxylic acids is 1. The first kappa shape index (κ1) is 23.5. The van der Waals surface area contributed by atoms with Crippen LogP contribution in [0.25, 0.3) is 0 Å². The summed E-state index contributed by atoms with van der Waals surface area (Å²) in [5, 5.41) is 2.60. The van der Waals surface area contributed by atoms with Gasteiger partial charge in [-0.1, -0.05) is 18.2 Å². The highest BCUT2D eigenvalue weighted by molar-refractivity contribution is 7.92. The zero-order chi connectivity index (χ0) is 22.4. The van der Waals surface area contributed by atoms with Crippen molar-refractivity contribution >= 4 is 21.6 Å². The van der Waals surface area contributed by atoms with E-state index in [1.807, 2.05) is 24.3 Å². The molecule has 0 spiro atoms. The van der Waals surface area contributed by atoms with Crippen LogP contribution in [0.15, 0.2) is 48.5 Å². The number of methoxy groups -OCH3 is 1. The molecule has 2 rings (SSSR count). The number of rotatable bonds is 9. The average molecular weight is 444 g/mol. The van der Waals surface area contributed by atoms with Crippen LogP contribution in [-0.2, 0) is 27.4 Å². The second-order valence-corrected chi connectivity index (χ2v) is 8.53. The van der Waals surface area contributed by atoms with E-state index in [1.54, 1.807) is 7.11 Å². The lowest BCUT2D eigenvalue weighted by Crippen LogP contribution is -2.40. The van der Waals surface area contributed by atoms with Crippen LogP contribution in [0.2, 0.25) is 0 Å².